The van der Waals surface area contributed by atoms with E-state index in [0.29, 0.717) is 17.3 Å². The average molecular weight is 523 g/mol. The number of benzene rings is 2. The van der Waals surface area contributed by atoms with Gasteiger partial charge in [0.1, 0.15) is 5.69 Å². The number of alkyl halides is 3. The quantitative estimate of drug-likeness (QED) is 0.385. The standard InChI is InChI=1S/C27H25F3N6O2/c1-38-24-10-17(7-8-31-24)25-19-9-18-12-36(26(37)32-21(18)11-22(19)33-34-25)23-14-35(15-27(28,29)30)13-20(23)16-5-3-2-4-6-16/h2-11,20,23H,12-15H2,1H3,(H,32,37)(H,33,34). The van der Waals surface area contributed by atoms with E-state index >= 15 is 0 Å². The van der Waals surface area contributed by atoms with E-state index in [4.69, 9.17) is 4.74 Å². The van der Waals surface area contributed by atoms with Crippen LogP contribution in [0.3, 0.4) is 0 Å². The van der Waals surface area contributed by atoms with Crippen LogP contribution in [0, 0.1) is 0 Å². The lowest BCUT2D eigenvalue weighted by Gasteiger charge is -2.36. The molecule has 4 aromatic rings. The number of methoxy groups -OCH3 is 1. The minimum absolute atomic E-state index is 0.137. The molecule has 1 saturated heterocycles. The highest BCUT2D eigenvalue weighted by Gasteiger charge is 2.44. The molecule has 2 aliphatic heterocycles. The Hall–Kier alpha value is -4.12. The van der Waals surface area contributed by atoms with E-state index in [-0.39, 0.29) is 31.6 Å². The summed E-state index contributed by atoms with van der Waals surface area (Å²) in [5, 5.41) is 11.3. The van der Waals surface area contributed by atoms with Crippen LogP contribution in [0.25, 0.3) is 22.2 Å². The van der Waals surface area contributed by atoms with Gasteiger partial charge in [-0.25, -0.2) is 9.78 Å². The van der Waals surface area contributed by atoms with Gasteiger partial charge in [-0.15, -0.1) is 0 Å². The minimum Gasteiger partial charge on any atom is -0.481 e. The number of rotatable bonds is 5. The number of nitrogens with one attached hydrogen (secondary N) is 2. The van der Waals surface area contributed by atoms with Gasteiger partial charge in [-0.05, 0) is 29.3 Å². The predicted molar refractivity (Wildman–Crippen MR) is 136 cm³/mol. The molecular formula is C27H25F3N6O2. The van der Waals surface area contributed by atoms with E-state index in [0.717, 1.165) is 27.6 Å². The highest BCUT2D eigenvalue weighted by molar-refractivity contribution is 6.00. The van der Waals surface area contributed by atoms with Gasteiger partial charge in [0, 0.05) is 54.5 Å². The second-order valence-electron chi connectivity index (χ2n) is 9.67. The topological polar surface area (TPSA) is 86.4 Å². The van der Waals surface area contributed by atoms with Crippen molar-refractivity contribution in [1.29, 1.82) is 0 Å². The number of anilines is 1. The van der Waals surface area contributed by atoms with Crippen LogP contribution in [0.1, 0.15) is 17.0 Å². The first-order chi connectivity index (χ1) is 18.3. The largest absolute Gasteiger partial charge is 0.481 e. The van der Waals surface area contributed by atoms with E-state index in [2.05, 4.69) is 20.5 Å². The van der Waals surface area contributed by atoms with E-state index in [9.17, 15) is 18.0 Å². The van der Waals surface area contributed by atoms with Crippen molar-refractivity contribution in [3.63, 3.8) is 0 Å². The smallest absolute Gasteiger partial charge is 0.401 e. The van der Waals surface area contributed by atoms with Crippen LogP contribution < -0.4 is 10.1 Å². The molecule has 0 spiro atoms. The number of fused-ring (bicyclic) bond motifs is 2. The van der Waals surface area contributed by atoms with E-state index in [1.807, 2.05) is 48.5 Å². The van der Waals surface area contributed by atoms with Gasteiger partial charge in [-0.2, -0.15) is 18.3 Å². The number of amides is 2. The normalized spacial score (nSPS) is 20.0. The Morgan fingerprint density at radius 3 is 2.68 bits per heavy atom. The molecule has 6 rings (SSSR count). The Balaban J connectivity index is 1.35. The van der Waals surface area contributed by atoms with Crippen LogP contribution in [-0.4, -0.2) is 70.0 Å². The zero-order valence-electron chi connectivity index (χ0n) is 20.5. The molecule has 2 aliphatic rings. The Bertz CT molecular complexity index is 1490. The molecule has 2 aromatic carbocycles. The number of likely N-dealkylation sites (tertiary alicyclic amines) is 1. The summed E-state index contributed by atoms with van der Waals surface area (Å²) in [6.07, 6.45) is -2.67. The minimum atomic E-state index is -4.31. The fraction of sp³-hybridized carbons (Fsp3) is 0.296. The summed E-state index contributed by atoms with van der Waals surface area (Å²) in [5.41, 5.74) is 4.72. The summed E-state index contributed by atoms with van der Waals surface area (Å²) in [7, 11) is 1.55. The summed E-state index contributed by atoms with van der Waals surface area (Å²) >= 11 is 0. The highest BCUT2D eigenvalue weighted by Crippen LogP contribution is 2.38. The van der Waals surface area contributed by atoms with Gasteiger partial charge in [0.05, 0.1) is 25.2 Å². The second-order valence-corrected chi connectivity index (χ2v) is 9.67. The number of nitrogens with zero attached hydrogens (tertiary/aromatic N) is 4. The zero-order valence-corrected chi connectivity index (χ0v) is 20.5. The fourth-order valence-electron chi connectivity index (χ4n) is 5.55. The molecule has 2 unspecified atom stereocenters. The number of pyridine rings is 1. The lowest BCUT2D eigenvalue weighted by Crippen LogP contribution is -2.48. The molecule has 196 valence electrons. The summed E-state index contributed by atoms with van der Waals surface area (Å²) in [5.74, 6) is 0.218. The molecule has 1 fully saturated rings. The number of carbonyl (C=O) groups is 1. The molecule has 2 atom stereocenters. The maximum atomic E-state index is 13.3. The lowest BCUT2D eigenvalue weighted by atomic mass is 9.92. The van der Waals surface area contributed by atoms with Crippen molar-refractivity contribution in [1.82, 2.24) is 25.0 Å². The molecule has 0 saturated carbocycles. The van der Waals surface area contributed by atoms with E-state index < -0.39 is 18.8 Å². The Morgan fingerprint density at radius 2 is 1.92 bits per heavy atom. The first kappa shape index (κ1) is 24.2. The molecule has 0 radical (unpaired) electrons. The number of hydrogen-bond acceptors (Lipinski definition) is 5. The molecule has 2 aromatic heterocycles. The first-order valence-electron chi connectivity index (χ1n) is 12.2. The number of ether oxygens (including phenoxy) is 1. The van der Waals surface area contributed by atoms with Crippen LogP contribution in [0.4, 0.5) is 23.7 Å². The molecule has 2 amide bonds. The molecule has 0 bridgehead atoms. The van der Waals surface area contributed by atoms with Crippen molar-refractivity contribution < 1.29 is 22.7 Å². The van der Waals surface area contributed by atoms with Crippen molar-refractivity contribution in [2.24, 2.45) is 0 Å². The third-order valence-electron chi connectivity index (χ3n) is 7.24. The van der Waals surface area contributed by atoms with E-state index in [1.54, 1.807) is 24.3 Å². The van der Waals surface area contributed by atoms with Crippen molar-refractivity contribution in [3.05, 3.63) is 71.9 Å². The molecule has 2 N–H and O–H groups in total. The summed E-state index contributed by atoms with van der Waals surface area (Å²) < 4.78 is 45.1. The summed E-state index contributed by atoms with van der Waals surface area (Å²) in [6.45, 7) is -0.375. The summed E-state index contributed by atoms with van der Waals surface area (Å²) in [4.78, 5) is 20.5. The number of H-pyrrole nitrogens is 1. The second kappa shape index (κ2) is 9.32. The first-order valence-corrected chi connectivity index (χ1v) is 12.2. The Kier molecular flexibility index (Phi) is 5.94. The molecule has 8 nitrogen and oxygen atoms in total. The average Bonchev–Trinajstić information content (AvgIpc) is 3.50. The van der Waals surface area contributed by atoms with Gasteiger partial charge >= 0.3 is 12.2 Å². The predicted octanol–water partition coefficient (Wildman–Crippen LogP) is 5.01. The van der Waals surface area contributed by atoms with Gasteiger partial charge < -0.3 is 15.0 Å². The Morgan fingerprint density at radius 1 is 1.11 bits per heavy atom. The van der Waals surface area contributed by atoms with Crippen LogP contribution in [0.15, 0.2) is 60.8 Å². The maximum Gasteiger partial charge on any atom is 0.401 e. The summed E-state index contributed by atoms with van der Waals surface area (Å²) in [6, 6.07) is 16.1. The van der Waals surface area contributed by atoms with Crippen molar-refractivity contribution in [3.8, 4) is 17.1 Å². The molecular weight excluding hydrogens is 497 g/mol. The van der Waals surface area contributed by atoms with Crippen LogP contribution >= 0.6 is 0 Å². The Labute approximate surface area is 216 Å². The van der Waals surface area contributed by atoms with Gasteiger partial charge in [0.2, 0.25) is 5.88 Å². The number of carbonyl (C=O) groups excluding carboxylic acids is 1. The third-order valence-corrected chi connectivity index (χ3v) is 7.24. The molecule has 38 heavy (non-hydrogen) atoms. The van der Waals surface area contributed by atoms with Gasteiger partial charge in [0.15, 0.2) is 0 Å². The van der Waals surface area contributed by atoms with Crippen LogP contribution in [0.5, 0.6) is 5.88 Å². The lowest BCUT2D eigenvalue weighted by molar-refractivity contribution is -0.143. The SMILES string of the molecule is COc1cc(-c2n[nH]c3cc4c(cc23)CN(C2CN(CC(F)(F)F)CC2c2ccccc2)C(=O)N4)ccn1. The molecule has 11 heteroatoms. The van der Waals surface area contributed by atoms with Crippen LogP contribution in [-0.2, 0) is 6.54 Å². The number of urea groups is 1. The van der Waals surface area contributed by atoms with Crippen molar-refractivity contribution in [2.75, 3.05) is 32.1 Å². The van der Waals surface area contributed by atoms with Gasteiger partial charge in [-0.3, -0.25) is 10.00 Å². The third kappa shape index (κ3) is 4.53. The van der Waals surface area contributed by atoms with E-state index in [1.165, 1.54) is 4.90 Å². The maximum absolute atomic E-state index is 13.3. The van der Waals surface area contributed by atoms with Crippen molar-refractivity contribution >= 4 is 22.6 Å². The van der Waals surface area contributed by atoms with Crippen molar-refractivity contribution in [2.45, 2.75) is 24.7 Å². The number of aromatic amines is 1. The monoisotopic (exact) mass is 522 g/mol. The molecule has 4 heterocycles. The van der Waals surface area contributed by atoms with Crippen LogP contribution in [0.2, 0.25) is 0 Å². The number of hydrogen-bond donors (Lipinski definition) is 2. The molecule has 0 aliphatic carbocycles. The van der Waals surface area contributed by atoms with Gasteiger partial charge in [-0.1, -0.05) is 30.3 Å². The number of aromatic nitrogens is 3. The fourth-order valence-corrected chi connectivity index (χ4v) is 5.55. The zero-order chi connectivity index (χ0) is 26.4. The number of halogens is 3. The van der Waals surface area contributed by atoms with Gasteiger partial charge in [0.25, 0.3) is 0 Å². The highest BCUT2D eigenvalue weighted by atomic mass is 19.4.